The Bertz CT molecular complexity index is 1180. The van der Waals surface area contributed by atoms with E-state index in [0.29, 0.717) is 19.0 Å². The molecule has 0 atom stereocenters. The number of nitrogens with one attached hydrogen (secondary N) is 1. The van der Waals surface area contributed by atoms with Crippen LogP contribution < -0.4 is 10.2 Å². The van der Waals surface area contributed by atoms with Gasteiger partial charge in [-0.05, 0) is 73.8 Å². The number of hydrogen-bond acceptors (Lipinski definition) is 3. The second kappa shape index (κ2) is 10.7. The van der Waals surface area contributed by atoms with Gasteiger partial charge in [0.25, 0.3) is 0 Å². The highest BCUT2D eigenvalue weighted by molar-refractivity contribution is 6.30. The maximum Gasteiger partial charge on any atom is 0.227 e. The van der Waals surface area contributed by atoms with Crippen molar-refractivity contribution in [3.05, 3.63) is 83.1 Å². The summed E-state index contributed by atoms with van der Waals surface area (Å²) in [4.78, 5) is 29.8. The molecule has 5 rings (SSSR count). The third-order valence-corrected chi connectivity index (χ3v) is 7.32. The summed E-state index contributed by atoms with van der Waals surface area (Å²) in [6.45, 7) is 4.19. The van der Waals surface area contributed by atoms with Crippen LogP contribution in [0, 0.1) is 5.92 Å². The number of aromatic nitrogens is 1. The molecule has 0 unspecified atom stereocenters. The number of para-hydroxylation sites is 2. The Morgan fingerprint density at radius 3 is 2.43 bits per heavy atom. The number of carbonyl (C=O) groups is 2. The van der Waals surface area contributed by atoms with Crippen LogP contribution in [0.2, 0.25) is 5.02 Å². The zero-order chi connectivity index (χ0) is 24.2. The lowest BCUT2D eigenvalue weighted by Gasteiger charge is -2.32. The minimum absolute atomic E-state index is 0.0180. The van der Waals surface area contributed by atoms with Gasteiger partial charge in [-0.2, -0.15) is 0 Å². The molecule has 1 fully saturated rings. The molecule has 7 heteroatoms. The molecule has 1 N–H and O–H groups in total. The van der Waals surface area contributed by atoms with Crippen molar-refractivity contribution in [3.8, 4) is 5.69 Å². The summed E-state index contributed by atoms with van der Waals surface area (Å²) in [5, 5.41) is 3.83. The van der Waals surface area contributed by atoms with Gasteiger partial charge in [0.2, 0.25) is 11.8 Å². The normalized spacial score (nSPS) is 16.0. The Labute approximate surface area is 211 Å². The predicted molar refractivity (Wildman–Crippen MR) is 139 cm³/mol. The van der Waals surface area contributed by atoms with Crippen LogP contribution in [0.15, 0.2) is 66.9 Å². The van der Waals surface area contributed by atoms with E-state index in [1.807, 2.05) is 54.7 Å². The molecule has 2 aliphatic heterocycles. The summed E-state index contributed by atoms with van der Waals surface area (Å²) in [6.07, 6.45) is 4.58. The third-order valence-electron chi connectivity index (χ3n) is 7.07. The van der Waals surface area contributed by atoms with Gasteiger partial charge in [0.1, 0.15) is 0 Å². The third kappa shape index (κ3) is 5.60. The Balaban J connectivity index is 1.05. The number of anilines is 1. The van der Waals surface area contributed by atoms with Crippen molar-refractivity contribution >= 4 is 29.1 Å². The first-order valence-electron chi connectivity index (χ1n) is 12.4. The van der Waals surface area contributed by atoms with E-state index in [0.717, 1.165) is 54.6 Å². The fourth-order valence-corrected chi connectivity index (χ4v) is 5.17. The highest BCUT2D eigenvalue weighted by Gasteiger charge is 2.26. The molecule has 0 saturated carbocycles. The van der Waals surface area contributed by atoms with Crippen molar-refractivity contribution in [3.63, 3.8) is 0 Å². The Hall–Kier alpha value is -3.09. The number of fused-ring (bicyclic) bond motifs is 3. The lowest BCUT2D eigenvalue weighted by atomic mass is 9.96. The summed E-state index contributed by atoms with van der Waals surface area (Å²) in [6, 6.07) is 20.0. The minimum Gasteiger partial charge on any atom is -0.356 e. The van der Waals surface area contributed by atoms with Gasteiger partial charge in [-0.3, -0.25) is 14.5 Å². The first-order chi connectivity index (χ1) is 17.1. The number of nitrogens with zero attached hydrogens (tertiary/aromatic N) is 3. The number of likely N-dealkylation sites (tertiary alicyclic amines) is 1. The van der Waals surface area contributed by atoms with E-state index < -0.39 is 0 Å². The van der Waals surface area contributed by atoms with Gasteiger partial charge in [0.05, 0.1) is 17.9 Å². The van der Waals surface area contributed by atoms with E-state index in [1.165, 1.54) is 5.56 Å². The zero-order valence-electron chi connectivity index (χ0n) is 19.8. The molecular weight excluding hydrogens is 460 g/mol. The minimum atomic E-state index is -0.0457. The number of benzene rings is 2. The number of halogens is 1. The van der Waals surface area contributed by atoms with Gasteiger partial charge in [0.15, 0.2) is 0 Å². The zero-order valence-corrected chi connectivity index (χ0v) is 20.6. The molecule has 2 amide bonds. The SMILES string of the molecule is O=C(CCC(=O)N1Cc2cccn2-c2ccccc21)NCC1CCN(Cc2ccc(Cl)cc2)CC1. The van der Waals surface area contributed by atoms with Gasteiger partial charge in [-0.1, -0.05) is 35.9 Å². The summed E-state index contributed by atoms with van der Waals surface area (Å²) in [7, 11) is 0. The molecule has 3 heterocycles. The fourth-order valence-electron chi connectivity index (χ4n) is 5.04. The van der Waals surface area contributed by atoms with E-state index in [2.05, 4.69) is 26.9 Å². The Morgan fingerprint density at radius 1 is 0.914 bits per heavy atom. The summed E-state index contributed by atoms with van der Waals surface area (Å²) >= 11 is 5.98. The predicted octanol–water partition coefficient (Wildman–Crippen LogP) is 4.79. The van der Waals surface area contributed by atoms with E-state index >= 15 is 0 Å². The van der Waals surface area contributed by atoms with E-state index in [-0.39, 0.29) is 24.7 Å². The highest BCUT2D eigenvalue weighted by atomic mass is 35.5. The Morgan fingerprint density at radius 2 is 1.66 bits per heavy atom. The van der Waals surface area contributed by atoms with Gasteiger partial charge in [-0.15, -0.1) is 0 Å². The van der Waals surface area contributed by atoms with Crippen LogP contribution in [0.5, 0.6) is 0 Å². The number of piperidine rings is 1. The van der Waals surface area contributed by atoms with Gasteiger partial charge in [0, 0.05) is 42.8 Å². The topological polar surface area (TPSA) is 57.6 Å². The van der Waals surface area contributed by atoms with Crippen molar-refractivity contribution in [1.82, 2.24) is 14.8 Å². The maximum absolute atomic E-state index is 13.0. The molecule has 0 aliphatic carbocycles. The standard InChI is InChI=1S/C28H31ClN4O2/c29-23-9-7-22(8-10-23)19-31-16-13-21(14-17-31)18-30-27(34)11-12-28(35)33-20-24-4-3-15-32(24)25-5-1-2-6-26(25)33/h1-10,15,21H,11-14,16-20H2,(H,30,34). The van der Waals surface area contributed by atoms with Crippen LogP contribution >= 0.6 is 11.6 Å². The second-order valence-corrected chi connectivity index (χ2v) is 9.92. The number of hydrogen-bond donors (Lipinski definition) is 1. The highest BCUT2D eigenvalue weighted by Crippen LogP contribution is 2.32. The van der Waals surface area contributed by atoms with Gasteiger partial charge in [-0.25, -0.2) is 0 Å². The van der Waals surface area contributed by atoms with Gasteiger partial charge < -0.3 is 14.8 Å². The molecular formula is C28H31ClN4O2. The molecule has 35 heavy (non-hydrogen) atoms. The molecule has 6 nitrogen and oxygen atoms in total. The summed E-state index contributed by atoms with van der Waals surface area (Å²) < 4.78 is 2.12. The molecule has 0 spiro atoms. The average Bonchev–Trinajstić information content (AvgIpc) is 3.37. The van der Waals surface area contributed by atoms with Crippen LogP contribution in [-0.4, -0.2) is 40.9 Å². The van der Waals surface area contributed by atoms with E-state index in [1.54, 1.807) is 4.90 Å². The summed E-state index contributed by atoms with van der Waals surface area (Å²) in [5.74, 6) is 0.420. The first kappa shape index (κ1) is 23.6. The van der Waals surface area contributed by atoms with Crippen molar-refractivity contribution in [2.75, 3.05) is 24.5 Å². The first-order valence-corrected chi connectivity index (χ1v) is 12.7. The van der Waals surface area contributed by atoms with Crippen LogP contribution in [0.25, 0.3) is 5.69 Å². The number of carbonyl (C=O) groups excluding carboxylic acids is 2. The molecule has 0 bridgehead atoms. The molecule has 182 valence electrons. The Kier molecular flexibility index (Phi) is 7.21. The largest absolute Gasteiger partial charge is 0.356 e. The smallest absolute Gasteiger partial charge is 0.227 e. The molecule has 1 saturated heterocycles. The van der Waals surface area contributed by atoms with Crippen LogP contribution in [0.4, 0.5) is 5.69 Å². The van der Waals surface area contributed by atoms with Crippen molar-refractivity contribution in [2.24, 2.45) is 5.92 Å². The van der Waals surface area contributed by atoms with Crippen LogP contribution in [0.3, 0.4) is 0 Å². The van der Waals surface area contributed by atoms with Crippen molar-refractivity contribution in [1.29, 1.82) is 0 Å². The number of rotatable bonds is 7. The lowest BCUT2D eigenvalue weighted by Crippen LogP contribution is -2.39. The second-order valence-electron chi connectivity index (χ2n) is 9.49. The molecule has 0 radical (unpaired) electrons. The van der Waals surface area contributed by atoms with Crippen LogP contribution in [0.1, 0.15) is 36.9 Å². The molecule has 3 aromatic rings. The quantitative estimate of drug-likeness (QED) is 0.518. The van der Waals surface area contributed by atoms with Crippen molar-refractivity contribution in [2.45, 2.75) is 38.8 Å². The van der Waals surface area contributed by atoms with Crippen molar-refractivity contribution < 1.29 is 9.59 Å². The number of amides is 2. The fraction of sp³-hybridized carbons (Fsp3) is 0.357. The lowest BCUT2D eigenvalue weighted by molar-refractivity contribution is -0.125. The average molecular weight is 491 g/mol. The van der Waals surface area contributed by atoms with E-state index in [4.69, 9.17) is 11.6 Å². The molecule has 2 aromatic carbocycles. The maximum atomic E-state index is 13.0. The molecule has 1 aromatic heterocycles. The monoisotopic (exact) mass is 490 g/mol. The van der Waals surface area contributed by atoms with Crippen LogP contribution in [-0.2, 0) is 22.7 Å². The molecule has 2 aliphatic rings. The van der Waals surface area contributed by atoms with Gasteiger partial charge >= 0.3 is 0 Å². The van der Waals surface area contributed by atoms with E-state index in [9.17, 15) is 9.59 Å². The summed E-state index contributed by atoms with van der Waals surface area (Å²) in [5.41, 5.74) is 4.24.